The second kappa shape index (κ2) is 10.3. The van der Waals surface area contributed by atoms with E-state index in [1.54, 1.807) is 29.2 Å². The van der Waals surface area contributed by atoms with E-state index in [1.807, 2.05) is 54.6 Å². The summed E-state index contributed by atoms with van der Waals surface area (Å²) in [6.45, 7) is 0. The number of nitrogens with zero attached hydrogens (tertiary/aromatic N) is 1. The molecule has 1 fully saturated rings. The van der Waals surface area contributed by atoms with Crippen molar-refractivity contribution in [1.29, 1.82) is 0 Å². The van der Waals surface area contributed by atoms with E-state index in [9.17, 15) is 14.7 Å². The number of aromatic hydroxyl groups is 1. The molecule has 1 unspecified atom stereocenters. The summed E-state index contributed by atoms with van der Waals surface area (Å²) in [5.74, 6) is -0.0569. The van der Waals surface area contributed by atoms with E-state index in [-0.39, 0.29) is 23.6 Å². The molecule has 0 radical (unpaired) electrons. The van der Waals surface area contributed by atoms with Crippen LogP contribution in [-0.4, -0.2) is 30.1 Å². The normalized spacial score (nSPS) is 19.1. The lowest BCUT2D eigenvalue weighted by Gasteiger charge is -2.38. The maximum Gasteiger partial charge on any atom is 0.259 e. The summed E-state index contributed by atoms with van der Waals surface area (Å²) in [5.41, 5.74) is 3.36. The Morgan fingerprint density at radius 3 is 2.47 bits per heavy atom. The van der Waals surface area contributed by atoms with Crippen molar-refractivity contribution in [3.63, 3.8) is 0 Å². The van der Waals surface area contributed by atoms with Gasteiger partial charge in [-0.3, -0.25) is 14.5 Å². The number of fused-ring (bicyclic) bond motifs is 1. The monoisotopic (exact) mass is 482 g/mol. The first kappa shape index (κ1) is 23.7. The highest BCUT2D eigenvalue weighted by Crippen LogP contribution is 2.41. The highest BCUT2D eigenvalue weighted by molar-refractivity contribution is 6.33. The van der Waals surface area contributed by atoms with E-state index in [1.165, 1.54) is 13.5 Å². The van der Waals surface area contributed by atoms with Crippen molar-refractivity contribution in [3.05, 3.63) is 89.5 Å². The van der Waals surface area contributed by atoms with Crippen molar-refractivity contribution < 1.29 is 19.4 Å². The van der Waals surface area contributed by atoms with Gasteiger partial charge in [-0.05, 0) is 59.9 Å². The minimum absolute atomic E-state index is 0.0281. The predicted octanol–water partition coefficient (Wildman–Crippen LogP) is 5.48. The number of hydrogen-bond donors (Lipinski definition) is 2. The predicted molar refractivity (Wildman–Crippen MR) is 141 cm³/mol. The third kappa shape index (κ3) is 4.59. The Morgan fingerprint density at radius 1 is 1.00 bits per heavy atom. The number of phenols is 1. The number of benzene rings is 3. The molecule has 2 N–H and O–H groups in total. The first-order chi connectivity index (χ1) is 17.6. The molecule has 3 aromatic rings. The summed E-state index contributed by atoms with van der Waals surface area (Å²) in [7, 11) is 1.49. The molecule has 0 saturated heterocycles. The average Bonchev–Trinajstić information content (AvgIpc) is 2.91. The number of nitrogens with one attached hydrogen (secondary N) is 1. The topological polar surface area (TPSA) is 78.9 Å². The van der Waals surface area contributed by atoms with Gasteiger partial charge in [-0.25, -0.2) is 0 Å². The lowest BCUT2D eigenvalue weighted by atomic mass is 9.86. The second-order valence-electron chi connectivity index (χ2n) is 9.33. The molecule has 1 aliphatic carbocycles. The van der Waals surface area contributed by atoms with Gasteiger partial charge in [0.1, 0.15) is 6.04 Å². The molecule has 5 rings (SSSR count). The molecule has 36 heavy (non-hydrogen) atoms. The smallest absolute Gasteiger partial charge is 0.259 e. The van der Waals surface area contributed by atoms with Crippen molar-refractivity contribution in [3.8, 4) is 11.5 Å². The zero-order chi connectivity index (χ0) is 25.1. The first-order valence-corrected chi connectivity index (χ1v) is 12.4. The van der Waals surface area contributed by atoms with Gasteiger partial charge in [-0.15, -0.1) is 0 Å². The van der Waals surface area contributed by atoms with Gasteiger partial charge < -0.3 is 15.2 Å². The van der Waals surface area contributed by atoms with Gasteiger partial charge in [0.15, 0.2) is 11.5 Å². The summed E-state index contributed by atoms with van der Waals surface area (Å²) < 4.78 is 5.25. The fourth-order valence-corrected chi connectivity index (χ4v) is 5.21. The molecule has 0 spiro atoms. The first-order valence-electron chi connectivity index (χ1n) is 12.4. The molecule has 6 nitrogen and oxygen atoms in total. The van der Waals surface area contributed by atoms with Crippen LogP contribution in [-0.2, 0) is 9.59 Å². The molecule has 2 aliphatic rings. The number of para-hydroxylation sites is 1. The lowest BCUT2D eigenvalue weighted by Crippen LogP contribution is -2.49. The number of phenolic OH excluding ortho intramolecular Hbond substituents is 1. The quantitative estimate of drug-likeness (QED) is 0.472. The third-order valence-corrected chi connectivity index (χ3v) is 7.00. The van der Waals surface area contributed by atoms with Crippen LogP contribution in [0.4, 0.5) is 5.69 Å². The SMILES string of the molecule is COc1cc(/C=C2/C(=O)N(c3ccccc3)C(C(=O)NC3CCCCC3)c3ccccc32)ccc1O. The molecule has 1 saturated carbocycles. The summed E-state index contributed by atoms with van der Waals surface area (Å²) in [4.78, 5) is 29.5. The molecule has 0 bridgehead atoms. The van der Waals surface area contributed by atoms with Crippen LogP contribution in [0.2, 0.25) is 0 Å². The van der Waals surface area contributed by atoms with Gasteiger partial charge in [-0.1, -0.05) is 67.8 Å². The lowest BCUT2D eigenvalue weighted by molar-refractivity contribution is -0.126. The van der Waals surface area contributed by atoms with Gasteiger partial charge >= 0.3 is 0 Å². The second-order valence-corrected chi connectivity index (χ2v) is 9.33. The number of ether oxygens (including phenoxy) is 1. The number of methoxy groups -OCH3 is 1. The Bertz CT molecular complexity index is 1300. The maximum absolute atomic E-state index is 14.1. The molecule has 6 heteroatoms. The fourth-order valence-electron chi connectivity index (χ4n) is 5.21. The van der Waals surface area contributed by atoms with Crippen LogP contribution in [0.3, 0.4) is 0 Å². The molecule has 184 valence electrons. The van der Waals surface area contributed by atoms with Crippen LogP contribution < -0.4 is 15.0 Å². The Hall–Kier alpha value is -4.06. The van der Waals surface area contributed by atoms with Crippen LogP contribution in [0.5, 0.6) is 11.5 Å². The molecule has 1 atom stereocenters. The summed E-state index contributed by atoms with van der Waals surface area (Å²) in [5, 5.41) is 13.2. The molecular weight excluding hydrogens is 452 g/mol. The van der Waals surface area contributed by atoms with Crippen LogP contribution in [0.15, 0.2) is 72.8 Å². The Morgan fingerprint density at radius 2 is 1.72 bits per heavy atom. The number of carbonyl (C=O) groups excluding carboxylic acids is 2. The minimum Gasteiger partial charge on any atom is -0.504 e. The molecule has 1 heterocycles. The number of amides is 2. The average molecular weight is 483 g/mol. The zero-order valence-electron chi connectivity index (χ0n) is 20.3. The fraction of sp³-hybridized carbons (Fsp3) is 0.267. The van der Waals surface area contributed by atoms with Crippen LogP contribution in [0.25, 0.3) is 11.6 Å². The van der Waals surface area contributed by atoms with Crippen LogP contribution in [0, 0.1) is 0 Å². The van der Waals surface area contributed by atoms with Crippen molar-refractivity contribution >= 4 is 29.2 Å². The highest BCUT2D eigenvalue weighted by atomic mass is 16.5. The largest absolute Gasteiger partial charge is 0.504 e. The van der Waals surface area contributed by atoms with Crippen molar-refractivity contribution in [2.24, 2.45) is 0 Å². The summed E-state index contributed by atoms with van der Waals surface area (Å²) in [6, 6.07) is 21.3. The number of hydrogen-bond acceptors (Lipinski definition) is 4. The van der Waals surface area contributed by atoms with Gasteiger partial charge in [0.05, 0.1) is 7.11 Å². The Kier molecular flexibility index (Phi) is 6.76. The molecule has 1 aliphatic heterocycles. The summed E-state index contributed by atoms with van der Waals surface area (Å²) in [6.07, 6.45) is 7.13. The maximum atomic E-state index is 14.1. The number of carbonyl (C=O) groups is 2. The van der Waals surface area contributed by atoms with Crippen molar-refractivity contribution in [2.75, 3.05) is 12.0 Å². The van der Waals surface area contributed by atoms with Crippen molar-refractivity contribution in [1.82, 2.24) is 5.32 Å². The zero-order valence-corrected chi connectivity index (χ0v) is 20.3. The van der Waals surface area contributed by atoms with Crippen LogP contribution >= 0.6 is 0 Å². The van der Waals surface area contributed by atoms with Crippen LogP contribution in [0.1, 0.15) is 54.8 Å². The van der Waals surface area contributed by atoms with Gasteiger partial charge in [-0.2, -0.15) is 0 Å². The van der Waals surface area contributed by atoms with Gasteiger partial charge in [0, 0.05) is 17.3 Å². The van der Waals surface area contributed by atoms with E-state index < -0.39 is 6.04 Å². The van der Waals surface area contributed by atoms with E-state index in [4.69, 9.17) is 4.74 Å². The molecular formula is C30H30N2O4. The van der Waals surface area contributed by atoms with E-state index in [2.05, 4.69) is 5.32 Å². The van der Waals surface area contributed by atoms with Gasteiger partial charge in [0.25, 0.3) is 5.91 Å². The Labute approximate surface area is 211 Å². The Balaban J connectivity index is 1.62. The number of rotatable bonds is 5. The standard InChI is InChI=1S/C30H30N2O4/c1-36-27-19-20(16-17-26(27)33)18-25-23-14-8-9-15-24(23)28(29(34)31-21-10-4-2-5-11-21)32(30(25)35)22-12-6-3-7-13-22/h3,6-9,12-19,21,28,33H,2,4-5,10-11H2,1H3,(H,31,34)/b25-18+. The van der Waals surface area contributed by atoms with E-state index >= 15 is 0 Å². The molecule has 0 aromatic heterocycles. The molecule has 3 aromatic carbocycles. The van der Waals surface area contributed by atoms with E-state index in [0.29, 0.717) is 22.6 Å². The summed E-state index contributed by atoms with van der Waals surface area (Å²) >= 11 is 0. The molecule has 2 amide bonds. The van der Waals surface area contributed by atoms with Crippen molar-refractivity contribution in [2.45, 2.75) is 44.2 Å². The third-order valence-electron chi connectivity index (χ3n) is 7.00. The minimum atomic E-state index is -0.774. The van der Waals surface area contributed by atoms with E-state index in [0.717, 1.165) is 36.8 Å². The number of anilines is 1. The van der Waals surface area contributed by atoms with Gasteiger partial charge in [0.2, 0.25) is 5.91 Å². The highest BCUT2D eigenvalue weighted by Gasteiger charge is 2.41.